The first kappa shape index (κ1) is 29.4. The van der Waals surface area contributed by atoms with Crippen molar-refractivity contribution in [2.24, 2.45) is 5.41 Å². The molecule has 0 bridgehead atoms. The highest BCUT2D eigenvalue weighted by Gasteiger charge is 2.37. The molecule has 0 spiro atoms. The Morgan fingerprint density at radius 3 is 2.03 bits per heavy atom. The third kappa shape index (κ3) is 7.44. The van der Waals surface area contributed by atoms with Gasteiger partial charge >= 0.3 is 11.7 Å². The van der Waals surface area contributed by atoms with Crippen molar-refractivity contribution in [3.8, 4) is 11.3 Å². The van der Waals surface area contributed by atoms with Gasteiger partial charge in [-0.05, 0) is 23.0 Å². The zero-order valence-corrected chi connectivity index (χ0v) is 21.1. The van der Waals surface area contributed by atoms with E-state index < -0.39 is 28.3 Å². The summed E-state index contributed by atoms with van der Waals surface area (Å²) in [6, 6.07) is 13.2. The minimum absolute atomic E-state index is 0.122. The lowest BCUT2D eigenvalue weighted by atomic mass is 9.75. The standard InChI is InChI=1S/C24H23F3N2O.CHF3O3S/c1-23(2)13-19-21(20(30)14-23)18(12-16-6-4-3-5-7-16)22(28-19)17-8-10-29(11-9-17)15-24(25,26)27;2-1(3,4)8(5,6)7/h3-11H,12-15H2,1-2H3;(H,5,6,7). The summed E-state index contributed by atoms with van der Waals surface area (Å²) >= 11 is 0. The molecule has 0 fully saturated rings. The molecule has 13 heteroatoms. The Balaban J connectivity index is 0.000000436. The number of H-pyrrole nitrogens is 1. The molecule has 2 aromatic heterocycles. The van der Waals surface area contributed by atoms with E-state index in [1.54, 1.807) is 12.1 Å². The van der Waals surface area contributed by atoms with E-state index in [1.807, 2.05) is 30.3 Å². The van der Waals surface area contributed by atoms with Crippen LogP contribution in [-0.4, -0.2) is 35.4 Å². The maximum absolute atomic E-state index is 13.0. The average Bonchev–Trinajstić information content (AvgIpc) is 3.10. The van der Waals surface area contributed by atoms with E-state index in [9.17, 15) is 31.1 Å². The minimum atomic E-state index is -6.09. The molecule has 1 aliphatic rings. The summed E-state index contributed by atoms with van der Waals surface area (Å²) in [6.07, 6.45) is 0.428. The maximum atomic E-state index is 13.0. The number of benzene rings is 1. The molecule has 1 aromatic carbocycles. The van der Waals surface area contributed by atoms with Crippen LogP contribution in [0, 0.1) is 5.41 Å². The monoisotopic (exact) mass is 562 g/mol. The Kier molecular flexibility index (Phi) is 8.13. The lowest BCUT2D eigenvalue weighted by Gasteiger charge is -2.28. The fourth-order valence-electron chi connectivity index (χ4n) is 4.29. The molecule has 0 atom stereocenters. The number of nitrogens with zero attached hydrogens (tertiary/aromatic N) is 1. The number of pyridine rings is 1. The third-order valence-electron chi connectivity index (χ3n) is 5.80. The molecule has 0 aliphatic heterocycles. The van der Waals surface area contributed by atoms with Gasteiger partial charge in [0.25, 0.3) is 0 Å². The number of halogens is 6. The molecule has 0 saturated heterocycles. The van der Waals surface area contributed by atoms with Crippen LogP contribution in [0.3, 0.4) is 0 Å². The van der Waals surface area contributed by atoms with Crippen LogP contribution >= 0.6 is 0 Å². The van der Waals surface area contributed by atoms with Gasteiger partial charge in [-0.2, -0.15) is 30.9 Å². The van der Waals surface area contributed by atoms with Gasteiger partial charge in [0.2, 0.25) is 6.54 Å². The molecular weight excluding hydrogens is 538 g/mol. The number of aromatic nitrogens is 2. The number of aromatic amines is 1. The quantitative estimate of drug-likeness (QED) is 0.201. The number of alkyl halides is 6. The molecule has 2 heterocycles. The minimum Gasteiger partial charge on any atom is -0.741 e. The van der Waals surface area contributed by atoms with Crippen molar-refractivity contribution in [1.82, 2.24) is 4.98 Å². The van der Waals surface area contributed by atoms with Crippen LogP contribution in [0.5, 0.6) is 0 Å². The zero-order valence-electron chi connectivity index (χ0n) is 20.3. The summed E-state index contributed by atoms with van der Waals surface area (Å²) in [6.45, 7) is 3.12. The van der Waals surface area contributed by atoms with Gasteiger partial charge in [0.15, 0.2) is 28.3 Å². The van der Waals surface area contributed by atoms with Gasteiger partial charge in [-0.3, -0.25) is 4.79 Å². The first-order chi connectivity index (χ1) is 17.4. The third-order valence-corrected chi connectivity index (χ3v) is 6.37. The number of carbonyl (C=O) groups excluding carboxylic acids is 1. The average molecular weight is 563 g/mol. The van der Waals surface area contributed by atoms with Crippen molar-refractivity contribution in [3.05, 3.63) is 77.2 Å². The Morgan fingerprint density at radius 2 is 1.53 bits per heavy atom. The predicted octanol–water partition coefficient (Wildman–Crippen LogP) is 5.33. The van der Waals surface area contributed by atoms with E-state index >= 15 is 0 Å². The van der Waals surface area contributed by atoms with E-state index in [4.69, 9.17) is 13.0 Å². The second-order valence-electron chi connectivity index (χ2n) is 9.71. The van der Waals surface area contributed by atoms with Gasteiger partial charge in [0, 0.05) is 41.8 Å². The maximum Gasteiger partial charge on any atom is 0.485 e. The predicted molar refractivity (Wildman–Crippen MR) is 124 cm³/mol. The summed E-state index contributed by atoms with van der Waals surface area (Å²) < 4.78 is 98.0. The number of hydrogen-bond acceptors (Lipinski definition) is 4. The van der Waals surface area contributed by atoms with Crippen molar-refractivity contribution in [3.63, 3.8) is 0 Å². The first-order valence-electron chi connectivity index (χ1n) is 11.3. The Bertz CT molecular complexity index is 1390. The van der Waals surface area contributed by atoms with E-state index in [0.717, 1.165) is 44.6 Å². The molecule has 0 unspecified atom stereocenters. The summed E-state index contributed by atoms with van der Waals surface area (Å²) in [5, 5.41) is 0. The smallest absolute Gasteiger partial charge is 0.485 e. The Labute approximate surface area is 215 Å². The van der Waals surface area contributed by atoms with Gasteiger partial charge < -0.3 is 9.54 Å². The molecular formula is C25H24F6N2O4S. The SMILES string of the molecule is CC1(C)CC(=O)c2c([nH]c(-c3cc[n+](CC(F)(F)F)cc3)c2Cc2ccccc2)C1.O=S(=O)([O-])C(F)(F)F. The van der Waals surface area contributed by atoms with Gasteiger partial charge in [-0.1, -0.05) is 44.2 Å². The fraction of sp³-hybridized carbons (Fsp3) is 0.360. The molecule has 1 aliphatic carbocycles. The molecule has 6 nitrogen and oxygen atoms in total. The van der Waals surface area contributed by atoms with Crippen molar-refractivity contribution in [2.45, 2.75) is 51.3 Å². The van der Waals surface area contributed by atoms with Crippen LogP contribution in [0.4, 0.5) is 26.3 Å². The number of rotatable bonds is 4. The number of fused-ring (bicyclic) bond motifs is 1. The summed E-state index contributed by atoms with van der Waals surface area (Å²) in [7, 11) is -6.09. The molecule has 3 aromatic rings. The highest BCUT2D eigenvalue weighted by atomic mass is 32.2. The number of carbonyl (C=O) groups is 1. The molecule has 1 N–H and O–H groups in total. The van der Waals surface area contributed by atoms with Crippen molar-refractivity contribution < 1.29 is 48.7 Å². The molecule has 0 radical (unpaired) electrons. The summed E-state index contributed by atoms with van der Waals surface area (Å²) in [4.78, 5) is 16.5. The molecule has 0 amide bonds. The lowest BCUT2D eigenvalue weighted by Crippen LogP contribution is -2.40. The first-order valence-corrected chi connectivity index (χ1v) is 12.7. The van der Waals surface area contributed by atoms with Crippen LogP contribution in [0.1, 0.15) is 47.4 Å². The van der Waals surface area contributed by atoms with E-state index in [2.05, 4.69) is 18.8 Å². The van der Waals surface area contributed by atoms with Gasteiger partial charge in [-0.25, -0.2) is 8.42 Å². The van der Waals surface area contributed by atoms with Crippen LogP contribution in [-0.2, 0) is 29.5 Å². The summed E-state index contributed by atoms with van der Waals surface area (Å²) in [5.74, 6) is 0.123. The largest absolute Gasteiger partial charge is 0.741 e. The lowest BCUT2D eigenvalue weighted by molar-refractivity contribution is -0.719. The highest BCUT2D eigenvalue weighted by molar-refractivity contribution is 7.86. The van der Waals surface area contributed by atoms with Crippen molar-refractivity contribution >= 4 is 15.9 Å². The number of hydrogen-bond donors (Lipinski definition) is 1. The number of Topliss-reactive ketones (excluding diaryl/α,β-unsaturated/α-hetero) is 1. The second kappa shape index (κ2) is 10.5. The van der Waals surface area contributed by atoms with E-state index in [0.29, 0.717) is 12.8 Å². The Morgan fingerprint density at radius 1 is 0.974 bits per heavy atom. The normalized spacial score (nSPS) is 15.4. The van der Waals surface area contributed by atoms with Crippen LogP contribution < -0.4 is 4.57 Å². The topological polar surface area (TPSA) is 93.9 Å². The zero-order chi connectivity index (χ0) is 28.5. The van der Waals surface area contributed by atoms with E-state index in [-0.39, 0.29) is 11.2 Å². The van der Waals surface area contributed by atoms with Gasteiger partial charge in [0.05, 0.1) is 5.69 Å². The molecule has 206 valence electrons. The van der Waals surface area contributed by atoms with Crippen molar-refractivity contribution in [1.29, 1.82) is 0 Å². The summed E-state index contributed by atoms with van der Waals surface area (Å²) in [5.41, 5.74) is -0.500. The highest BCUT2D eigenvalue weighted by Crippen LogP contribution is 2.40. The van der Waals surface area contributed by atoms with Gasteiger partial charge in [-0.15, -0.1) is 0 Å². The second-order valence-corrected chi connectivity index (χ2v) is 11.1. The number of nitrogens with one attached hydrogen (secondary N) is 1. The van der Waals surface area contributed by atoms with Crippen LogP contribution in [0.2, 0.25) is 0 Å². The number of ketones is 1. The Hall–Kier alpha value is -3.19. The fourth-order valence-corrected chi connectivity index (χ4v) is 4.29. The van der Waals surface area contributed by atoms with Crippen LogP contribution in [0.25, 0.3) is 11.3 Å². The molecule has 38 heavy (non-hydrogen) atoms. The molecule has 4 rings (SSSR count). The van der Waals surface area contributed by atoms with Crippen molar-refractivity contribution in [2.75, 3.05) is 0 Å². The molecule has 0 saturated carbocycles. The van der Waals surface area contributed by atoms with Gasteiger partial charge in [0.1, 0.15) is 0 Å². The van der Waals surface area contributed by atoms with Crippen LogP contribution in [0.15, 0.2) is 54.9 Å². The van der Waals surface area contributed by atoms with E-state index in [1.165, 1.54) is 12.4 Å².